The molecule has 0 spiro atoms. The van der Waals surface area contributed by atoms with E-state index in [0.29, 0.717) is 17.4 Å². The third-order valence-electron chi connectivity index (χ3n) is 14.6. The number of nitrogens with one attached hydrogen (secondary N) is 1. The fourth-order valence-electron chi connectivity index (χ4n) is 9.55. The number of rotatable bonds is 59. The molecule has 0 aromatic heterocycles. The highest BCUT2D eigenvalue weighted by molar-refractivity contribution is 7.45. The predicted octanol–water partition coefficient (Wildman–Crippen LogP) is 19.3. The molecule has 0 aliphatic rings. The highest BCUT2D eigenvalue weighted by Crippen LogP contribution is 2.38. The van der Waals surface area contributed by atoms with Crippen LogP contribution in [0.15, 0.2) is 36.5 Å². The molecule has 0 fully saturated rings. The summed E-state index contributed by atoms with van der Waals surface area (Å²) in [6.07, 6.45) is 66.9. The van der Waals surface area contributed by atoms with Crippen molar-refractivity contribution in [2.24, 2.45) is 0 Å². The number of unbranched alkanes of at least 4 members (excludes halogenated alkanes) is 39. The molecular weight excluding hydrogens is 952 g/mol. The molecule has 9 nitrogen and oxygen atoms in total. The van der Waals surface area contributed by atoms with Gasteiger partial charge >= 0.3 is 5.97 Å². The number of esters is 1. The number of carbonyl (C=O) groups excluding carboxylic acids is 2. The summed E-state index contributed by atoms with van der Waals surface area (Å²) in [6, 6.07) is -0.883. The minimum atomic E-state index is -4.69. The molecule has 3 atom stereocenters. The van der Waals surface area contributed by atoms with Crippen molar-refractivity contribution in [3.05, 3.63) is 36.5 Å². The maximum Gasteiger partial charge on any atom is 0.306 e. The maximum absolute atomic E-state index is 13.5. The van der Waals surface area contributed by atoms with Crippen LogP contribution in [0.25, 0.3) is 0 Å². The van der Waals surface area contributed by atoms with E-state index in [1.165, 1.54) is 218 Å². The first-order chi connectivity index (χ1) is 36.4. The summed E-state index contributed by atoms with van der Waals surface area (Å²) < 4.78 is 30.3. The highest BCUT2D eigenvalue weighted by atomic mass is 31.2. The molecule has 0 aromatic rings. The summed E-state index contributed by atoms with van der Waals surface area (Å²) in [6.45, 7) is 6.85. The van der Waals surface area contributed by atoms with Crippen LogP contribution in [0.1, 0.15) is 316 Å². The Labute approximate surface area is 466 Å². The second-order valence-electron chi connectivity index (χ2n) is 23.3. The molecule has 0 heterocycles. The van der Waals surface area contributed by atoms with E-state index in [1.54, 1.807) is 0 Å². The number of phosphoric acid groups is 1. The molecule has 0 aromatic carbocycles. The van der Waals surface area contributed by atoms with Gasteiger partial charge in [-0.3, -0.25) is 14.2 Å². The zero-order valence-electron chi connectivity index (χ0n) is 50.5. The van der Waals surface area contributed by atoms with Gasteiger partial charge in [-0.1, -0.05) is 276 Å². The molecule has 0 aliphatic carbocycles. The Kier molecular flexibility index (Phi) is 54.2. The average molecular weight is 1080 g/mol. The Bertz CT molecular complexity index is 1380. The Morgan fingerprint density at radius 2 is 0.813 bits per heavy atom. The zero-order valence-corrected chi connectivity index (χ0v) is 51.4. The molecule has 0 saturated carbocycles. The number of nitrogens with zero attached hydrogens (tertiary/aromatic N) is 1. The first-order valence-electron chi connectivity index (χ1n) is 32.3. The van der Waals surface area contributed by atoms with Crippen molar-refractivity contribution in [2.45, 2.75) is 328 Å². The van der Waals surface area contributed by atoms with E-state index in [1.807, 2.05) is 33.3 Å². The van der Waals surface area contributed by atoms with Gasteiger partial charge in [-0.25, -0.2) is 0 Å². The van der Waals surface area contributed by atoms with Crippen molar-refractivity contribution in [1.29, 1.82) is 0 Å². The van der Waals surface area contributed by atoms with Gasteiger partial charge < -0.3 is 28.5 Å². The molecule has 0 radical (unpaired) electrons. The lowest BCUT2D eigenvalue weighted by Gasteiger charge is -2.30. The van der Waals surface area contributed by atoms with Crippen LogP contribution >= 0.6 is 7.82 Å². The number of ether oxygens (including phenoxy) is 1. The van der Waals surface area contributed by atoms with Gasteiger partial charge in [0.15, 0.2) is 0 Å². The minimum absolute atomic E-state index is 0.0193. The second kappa shape index (κ2) is 55.5. The van der Waals surface area contributed by atoms with Gasteiger partial charge in [0.1, 0.15) is 19.3 Å². The molecule has 0 rings (SSSR count). The second-order valence-corrected chi connectivity index (χ2v) is 24.7. The molecule has 75 heavy (non-hydrogen) atoms. The van der Waals surface area contributed by atoms with E-state index in [0.717, 1.165) is 64.2 Å². The quantitative estimate of drug-likeness (QED) is 0.0212. The molecule has 1 N–H and O–H groups in total. The number of amides is 1. The molecule has 1 amide bonds. The standard InChI is InChI=1S/C65H125N2O7P/c1-7-10-13-16-19-22-25-27-28-29-30-31-32-33-34-35-36-37-38-40-43-45-48-51-54-57-64(68)66-62(61-73-75(70,71)72-60-59-67(4,5)6)63(56-53-50-47-44-42-39-26-23-20-17-14-11-8-2)74-65(69)58-55-52-49-46-41-24-21-18-15-12-9-3/h19,22,27-28,53,56,62-63H,7-18,20-21,23-26,29-52,54-55,57-61H2,1-6H3,(H-,66,68,70,71)/b22-19-,28-27-,56-53+. The number of carbonyl (C=O) groups is 2. The van der Waals surface area contributed by atoms with Gasteiger partial charge in [-0.15, -0.1) is 0 Å². The van der Waals surface area contributed by atoms with Crippen LogP contribution in [0.3, 0.4) is 0 Å². The van der Waals surface area contributed by atoms with Gasteiger partial charge in [0.2, 0.25) is 5.91 Å². The van der Waals surface area contributed by atoms with E-state index in [9.17, 15) is 19.0 Å². The van der Waals surface area contributed by atoms with Gasteiger partial charge in [0.05, 0.1) is 33.8 Å². The van der Waals surface area contributed by atoms with Crippen molar-refractivity contribution in [1.82, 2.24) is 5.32 Å². The SMILES string of the molecule is CCCCC/C=C\C/C=C\CCCCCCCCCCCCCCCCCC(=O)NC(COP(=O)([O-])OCC[N+](C)(C)C)C(/C=C/CCCCCCCCCCCCC)OC(=O)CCCCCCCCCCCCC. The predicted molar refractivity (Wildman–Crippen MR) is 321 cm³/mol. The lowest BCUT2D eigenvalue weighted by Crippen LogP contribution is -2.47. The fraction of sp³-hybridized carbons (Fsp3) is 0.877. The van der Waals surface area contributed by atoms with E-state index in [4.69, 9.17) is 13.8 Å². The van der Waals surface area contributed by atoms with Crippen LogP contribution < -0.4 is 10.2 Å². The van der Waals surface area contributed by atoms with E-state index < -0.39 is 20.0 Å². The maximum atomic E-state index is 13.5. The summed E-state index contributed by atoms with van der Waals surface area (Å²) in [5.41, 5.74) is 0. The van der Waals surface area contributed by atoms with Crippen LogP contribution in [0.2, 0.25) is 0 Å². The Morgan fingerprint density at radius 1 is 0.467 bits per heavy atom. The summed E-state index contributed by atoms with van der Waals surface area (Å²) >= 11 is 0. The molecule has 0 bridgehead atoms. The molecule has 3 unspecified atom stereocenters. The van der Waals surface area contributed by atoms with Crippen molar-refractivity contribution < 1.29 is 37.3 Å². The average Bonchev–Trinajstić information content (AvgIpc) is 3.37. The van der Waals surface area contributed by atoms with Crippen molar-refractivity contribution in [2.75, 3.05) is 40.9 Å². The summed E-state index contributed by atoms with van der Waals surface area (Å²) in [5.74, 6) is -0.527. The Morgan fingerprint density at radius 3 is 1.23 bits per heavy atom. The number of likely N-dealkylation sites (N-methyl/N-ethyl adjacent to an activating group) is 1. The fourth-order valence-corrected chi connectivity index (χ4v) is 10.3. The van der Waals surface area contributed by atoms with Crippen molar-refractivity contribution >= 4 is 19.7 Å². The number of quaternary nitrogens is 1. The number of hydrogen-bond acceptors (Lipinski definition) is 7. The van der Waals surface area contributed by atoms with Crippen molar-refractivity contribution in [3.63, 3.8) is 0 Å². The van der Waals surface area contributed by atoms with Crippen molar-refractivity contribution in [3.8, 4) is 0 Å². The minimum Gasteiger partial charge on any atom is -0.756 e. The smallest absolute Gasteiger partial charge is 0.306 e. The van der Waals surface area contributed by atoms with Crippen LogP contribution in [0.4, 0.5) is 0 Å². The first kappa shape index (κ1) is 73.2. The molecular formula is C65H125N2O7P. The van der Waals surface area contributed by atoms with Gasteiger partial charge in [0, 0.05) is 12.8 Å². The molecule has 0 saturated heterocycles. The largest absolute Gasteiger partial charge is 0.756 e. The summed E-state index contributed by atoms with van der Waals surface area (Å²) in [5, 5.41) is 3.04. The Hall–Kier alpha value is -1.77. The van der Waals surface area contributed by atoms with Crippen LogP contribution in [0.5, 0.6) is 0 Å². The van der Waals surface area contributed by atoms with Crippen LogP contribution in [0, 0.1) is 0 Å². The van der Waals surface area contributed by atoms with Gasteiger partial charge in [0.25, 0.3) is 7.82 Å². The van der Waals surface area contributed by atoms with E-state index in [-0.39, 0.29) is 31.5 Å². The molecule has 10 heteroatoms. The van der Waals surface area contributed by atoms with E-state index in [2.05, 4.69) is 50.4 Å². The van der Waals surface area contributed by atoms with Crippen LogP contribution in [-0.2, 0) is 27.9 Å². The number of allylic oxidation sites excluding steroid dienone is 5. The number of hydrogen-bond donors (Lipinski definition) is 1. The third kappa shape index (κ3) is 56.8. The zero-order chi connectivity index (χ0) is 55.0. The highest BCUT2D eigenvalue weighted by Gasteiger charge is 2.27. The van der Waals surface area contributed by atoms with Crippen LogP contribution in [-0.4, -0.2) is 69.4 Å². The molecule has 442 valence electrons. The normalized spacial score (nSPS) is 13.9. The molecule has 0 aliphatic heterocycles. The topological polar surface area (TPSA) is 114 Å². The lowest BCUT2D eigenvalue weighted by molar-refractivity contribution is -0.870. The third-order valence-corrected chi connectivity index (χ3v) is 15.5. The number of phosphoric ester groups is 1. The summed E-state index contributed by atoms with van der Waals surface area (Å²) in [4.78, 5) is 39.9. The van der Waals surface area contributed by atoms with Gasteiger partial charge in [-0.05, 0) is 63.9 Å². The lowest BCUT2D eigenvalue weighted by atomic mass is 10.0. The monoisotopic (exact) mass is 1080 g/mol. The first-order valence-corrected chi connectivity index (χ1v) is 33.8. The Balaban J connectivity index is 5.04. The van der Waals surface area contributed by atoms with E-state index >= 15 is 0 Å². The van der Waals surface area contributed by atoms with Gasteiger partial charge in [-0.2, -0.15) is 0 Å². The summed E-state index contributed by atoms with van der Waals surface area (Å²) in [7, 11) is 1.20.